The van der Waals surface area contributed by atoms with Crippen molar-refractivity contribution in [1.29, 1.82) is 0 Å². The van der Waals surface area contributed by atoms with E-state index in [9.17, 15) is 5.11 Å². The van der Waals surface area contributed by atoms with Gasteiger partial charge in [-0.2, -0.15) is 0 Å². The second-order valence-corrected chi connectivity index (χ2v) is 9.23. The molecule has 0 aliphatic carbocycles. The normalized spacial score (nSPS) is 18.4. The molecule has 5 heteroatoms. The molecule has 25 heavy (non-hydrogen) atoms. The van der Waals surface area contributed by atoms with Crippen molar-refractivity contribution in [3.05, 3.63) is 58.1 Å². The zero-order chi connectivity index (χ0) is 17.4. The minimum atomic E-state index is -0.660. The van der Waals surface area contributed by atoms with Gasteiger partial charge in [-0.25, -0.2) is 0 Å². The van der Waals surface area contributed by atoms with Gasteiger partial charge in [-0.3, -0.25) is 0 Å². The second kappa shape index (κ2) is 7.14. The summed E-state index contributed by atoms with van der Waals surface area (Å²) in [6, 6.07) is 10.1. The van der Waals surface area contributed by atoms with Gasteiger partial charge in [0.1, 0.15) is 6.10 Å². The monoisotopic (exact) mass is 374 g/mol. The molecule has 2 aromatic carbocycles. The summed E-state index contributed by atoms with van der Waals surface area (Å²) >= 11 is 3.97. The summed E-state index contributed by atoms with van der Waals surface area (Å²) in [5.74, 6) is 3.83. The van der Waals surface area contributed by atoms with Crippen molar-refractivity contribution < 1.29 is 14.6 Å². The van der Waals surface area contributed by atoms with Crippen molar-refractivity contribution in [1.82, 2.24) is 0 Å². The van der Waals surface area contributed by atoms with E-state index < -0.39 is 6.10 Å². The number of aliphatic hydroxyl groups is 1. The van der Waals surface area contributed by atoms with Gasteiger partial charge in [0, 0.05) is 0 Å². The molecule has 1 N–H and O–H groups in total. The highest BCUT2D eigenvalue weighted by Gasteiger charge is 2.25. The fourth-order valence-corrected chi connectivity index (χ4v) is 6.19. The van der Waals surface area contributed by atoms with Crippen LogP contribution in [0.2, 0.25) is 0 Å². The van der Waals surface area contributed by atoms with Crippen LogP contribution in [-0.2, 0) is 0 Å². The lowest BCUT2D eigenvalue weighted by Crippen LogP contribution is -2.09. The van der Waals surface area contributed by atoms with Crippen LogP contribution in [0.3, 0.4) is 0 Å². The highest BCUT2D eigenvalue weighted by Crippen LogP contribution is 2.47. The summed E-state index contributed by atoms with van der Waals surface area (Å²) in [6.45, 7) is 4.50. The van der Waals surface area contributed by atoms with Crippen LogP contribution in [0, 0.1) is 13.8 Å². The Bertz CT molecular complexity index is 785. The quantitative estimate of drug-likeness (QED) is 0.820. The van der Waals surface area contributed by atoms with Crippen LogP contribution in [0.4, 0.5) is 0 Å². The molecule has 3 nitrogen and oxygen atoms in total. The van der Waals surface area contributed by atoms with Crippen LogP contribution >= 0.6 is 23.5 Å². The Morgan fingerprint density at radius 3 is 2.52 bits per heavy atom. The number of thioether (sulfide) groups is 2. The SMILES string of the molecule is Cc1cc(C2SCCCS2)c(C(O)c2ccc3c(c2)OCO3)cc1C. The van der Waals surface area contributed by atoms with Gasteiger partial charge in [-0.15, -0.1) is 23.5 Å². The van der Waals surface area contributed by atoms with E-state index in [0.29, 0.717) is 10.3 Å². The number of aryl methyl sites for hydroxylation is 2. The fraction of sp³-hybridized carbons (Fsp3) is 0.400. The van der Waals surface area contributed by atoms with Gasteiger partial charge in [0.15, 0.2) is 11.5 Å². The molecule has 1 atom stereocenters. The number of aliphatic hydroxyl groups excluding tert-OH is 1. The molecule has 0 radical (unpaired) electrons. The van der Waals surface area contributed by atoms with Crippen LogP contribution in [-0.4, -0.2) is 23.4 Å². The lowest BCUT2D eigenvalue weighted by Gasteiger charge is -2.26. The molecule has 4 rings (SSSR count). The molecule has 0 spiro atoms. The molecule has 0 saturated carbocycles. The fourth-order valence-electron chi connectivity index (χ4n) is 3.23. The first-order valence-electron chi connectivity index (χ1n) is 8.55. The van der Waals surface area contributed by atoms with E-state index in [1.54, 1.807) is 0 Å². The molecule has 2 aromatic rings. The molecule has 0 amide bonds. The van der Waals surface area contributed by atoms with Crippen LogP contribution in [0.15, 0.2) is 30.3 Å². The van der Waals surface area contributed by atoms with E-state index in [1.807, 2.05) is 41.7 Å². The average molecular weight is 375 g/mol. The topological polar surface area (TPSA) is 38.7 Å². The maximum atomic E-state index is 11.1. The van der Waals surface area contributed by atoms with Crippen molar-refractivity contribution in [3.63, 3.8) is 0 Å². The molecular formula is C20H22O3S2. The summed E-state index contributed by atoms with van der Waals surface area (Å²) in [5, 5.41) is 11.1. The summed E-state index contributed by atoms with van der Waals surface area (Å²) in [7, 11) is 0. The number of hydrogen-bond acceptors (Lipinski definition) is 5. The predicted molar refractivity (Wildman–Crippen MR) is 105 cm³/mol. The number of ether oxygens (including phenoxy) is 2. The molecule has 0 bridgehead atoms. The van der Waals surface area contributed by atoms with Crippen LogP contribution in [0.25, 0.3) is 0 Å². The first kappa shape index (κ1) is 17.1. The third-order valence-corrected chi connectivity index (χ3v) is 7.77. The van der Waals surface area contributed by atoms with E-state index in [0.717, 1.165) is 16.9 Å². The Balaban J connectivity index is 1.74. The van der Waals surface area contributed by atoms with Gasteiger partial charge in [0.2, 0.25) is 6.79 Å². The van der Waals surface area contributed by atoms with E-state index in [1.165, 1.54) is 34.6 Å². The zero-order valence-corrected chi connectivity index (χ0v) is 16.1. The van der Waals surface area contributed by atoms with E-state index in [2.05, 4.69) is 26.0 Å². The summed E-state index contributed by atoms with van der Waals surface area (Å²) in [6.07, 6.45) is 0.600. The summed E-state index contributed by atoms with van der Waals surface area (Å²) < 4.78 is 11.3. The Hall–Kier alpha value is -1.30. The molecule has 1 fully saturated rings. The third-order valence-electron chi connectivity index (χ3n) is 4.79. The van der Waals surface area contributed by atoms with Crippen molar-refractivity contribution in [2.75, 3.05) is 18.3 Å². The lowest BCUT2D eigenvalue weighted by molar-refractivity contribution is 0.173. The van der Waals surface area contributed by atoms with Crippen LogP contribution in [0.5, 0.6) is 11.5 Å². The Kier molecular flexibility index (Phi) is 4.89. The molecule has 132 valence electrons. The van der Waals surface area contributed by atoms with Gasteiger partial charge in [-0.05, 0) is 71.7 Å². The summed E-state index contributed by atoms with van der Waals surface area (Å²) in [5.41, 5.74) is 5.60. The van der Waals surface area contributed by atoms with E-state index >= 15 is 0 Å². The Morgan fingerprint density at radius 2 is 1.72 bits per heavy atom. The van der Waals surface area contributed by atoms with Crippen molar-refractivity contribution in [2.45, 2.75) is 31.0 Å². The van der Waals surface area contributed by atoms with Crippen molar-refractivity contribution in [2.24, 2.45) is 0 Å². The zero-order valence-electron chi connectivity index (χ0n) is 14.5. The van der Waals surface area contributed by atoms with Gasteiger partial charge in [-0.1, -0.05) is 18.2 Å². The number of benzene rings is 2. The standard InChI is InChI=1S/C20H22O3S2/c1-12-8-15(16(9-13(12)2)20-24-6-3-7-25-20)19(21)14-4-5-17-18(10-14)23-11-22-17/h4-5,8-10,19-21H,3,6-7,11H2,1-2H3. The minimum Gasteiger partial charge on any atom is -0.454 e. The van der Waals surface area contributed by atoms with Crippen LogP contribution in [0.1, 0.15) is 44.9 Å². The third kappa shape index (κ3) is 3.37. The van der Waals surface area contributed by atoms with Crippen LogP contribution < -0.4 is 9.47 Å². The van der Waals surface area contributed by atoms with E-state index in [4.69, 9.17) is 9.47 Å². The van der Waals surface area contributed by atoms with Gasteiger partial charge in [0.25, 0.3) is 0 Å². The molecule has 2 heterocycles. The van der Waals surface area contributed by atoms with E-state index in [-0.39, 0.29) is 6.79 Å². The highest BCUT2D eigenvalue weighted by atomic mass is 32.2. The first-order valence-corrected chi connectivity index (χ1v) is 10.6. The minimum absolute atomic E-state index is 0.249. The first-order chi connectivity index (χ1) is 12.1. The van der Waals surface area contributed by atoms with Gasteiger partial charge >= 0.3 is 0 Å². The second-order valence-electron chi connectivity index (χ2n) is 6.51. The Morgan fingerprint density at radius 1 is 1.00 bits per heavy atom. The van der Waals surface area contributed by atoms with Crippen molar-refractivity contribution >= 4 is 23.5 Å². The molecule has 2 aliphatic rings. The molecule has 1 unspecified atom stereocenters. The average Bonchev–Trinajstić information content (AvgIpc) is 3.11. The highest BCUT2D eigenvalue weighted by molar-refractivity contribution is 8.16. The lowest BCUT2D eigenvalue weighted by atomic mass is 9.93. The largest absolute Gasteiger partial charge is 0.454 e. The molecule has 1 saturated heterocycles. The Labute approximate surface area is 157 Å². The number of fused-ring (bicyclic) bond motifs is 1. The summed E-state index contributed by atoms with van der Waals surface area (Å²) in [4.78, 5) is 0. The van der Waals surface area contributed by atoms with Gasteiger partial charge < -0.3 is 14.6 Å². The predicted octanol–water partition coefficient (Wildman–Crippen LogP) is 4.98. The maximum absolute atomic E-state index is 11.1. The number of rotatable bonds is 3. The number of hydrogen-bond donors (Lipinski definition) is 1. The smallest absolute Gasteiger partial charge is 0.231 e. The van der Waals surface area contributed by atoms with Crippen molar-refractivity contribution in [3.8, 4) is 11.5 Å². The molecular weight excluding hydrogens is 352 g/mol. The maximum Gasteiger partial charge on any atom is 0.231 e. The van der Waals surface area contributed by atoms with Gasteiger partial charge in [0.05, 0.1) is 4.58 Å². The molecule has 0 aromatic heterocycles. The molecule has 2 aliphatic heterocycles.